The summed E-state index contributed by atoms with van der Waals surface area (Å²) < 4.78 is 4.82. The van der Waals surface area contributed by atoms with Crippen molar-refractivity contribution in [2.24, 2.45) is 0 Å². The minimum atomic E-state index is -1.54. The lowest BCUT2D eigenvalue weighted by Gasteiger charge is -2.12. The standard InChI is InChI=1S/C10H13BO5/c1-16-6-9(10(12)13)7-2-4-8(5-3-7)11(14)15/h2-5,9,14-15H,6H2,1H3,(H,12,13). The van der Waals surface area contributed by atoms with Crippen LogP contribution < -0.4 is 5.46 Å². The first-order chi connectivity index (χ1) is 7.56. The van der Waals surface area contributed by atoms with Crippen molar-refractivity contribution in [3.63, 3.8) is 0 Å². The van der Waals surface area contributed by atoms with Gasteiger partial charge in [-0.25, -0.2) is 0 Å². The highest BCUT2D eigenvalue weighted by molar-refractivity contribution is 6.58. The number of rotatable bonds is 5. The van der Waals surface area contributed by atoms with Crippen LogP contribution in [0.5, 0.6) is 0 Å². The van der Waals surface area contributed by atoms with Gasteiger partial charge in [-0.15, -0.1) is 0 Å². The van der Waals surface area contributed by atoms with Crippen molar-refractivity contribution < 1.29 is 24.7 Å². The molecule has 86 valence electrons. The summed E-state index contributed by atoms with van der Waals surface area (Å²) in [4.78, 5) is 10.9. The number of carboxylic acid groups (broad SMARTS) is 1. The number of ether oxygens (including phenoxy) is 1. The molecule has 0 saturated carbocycles. The third kappa shape index (κ3) is 3.06. The smallest absolute Gasteiger partial charge is 0.481 e. The molecule has 16 heavy (non-hydrogen) atoms. The molecule has 0 aliphatic heterocycles. The van der Waals surface area contributed by atoms with Crippen LogP contribution in [0.2, 0.25) is 0 Å². The van der Waals surface area contributed by atoms with Crippen molar-refractivity contribution in [2.75, 3.05) is 13.7 Å². The fourth-order valence-corrected chi connectivity index (χ4v) is 1.38. The summed E-state index contributed by atoms with van der Waals surface area (Å²) >= 11 is 0. The van der Waals surface area contributed by atoms with E-state index in [0.717, 1.165) is 0 Å². The Morgan fingerprint density at radius 3 is 2.31 bits per heavy atom. The molecule has 0 bridgehead atoms. The summed E-state index contributed by atoms with van der Waals surface area (Å²) in [6, 6.07) is 6.05. The molecule has 1 unspecified atom stereocenters. The van der Waals surface area contributed by atoms with Gasteiger partial charge in [-0.3, -0.25) is 4.79 Å². The van der Waals surface area contributed by atoms with Crippen molar-refractivity contribution in [3.8, 4) is 0 Å². The number of hydrogen-bond acceptors (Lipinski definition) is 4. The van der Waals surface area contributed by atoms with E-state index in [1.54, 1.807) is 12.1 Å². The Morgan fingerprint density at radius 2 is 1.94 bits per heavy atom. The molecule has 0 aliphatic rings. The van der Waals surface area contributed by atoms with Gasteiger partial charge in [0.1, 0.15) is 5.92 Å². The van der Waals surface area contributed by atoms with Crippen LogP contribution in [0.3, 0.4) is 0 Å². The summed E-state index contributed by atoms with van der Waals surface area (Å²) in [5, 5.41) is 26.7. The molecular formula is C10H13BO5. The summed E-state index contributed by atoms with van der Waals surface area (Å²) in [6.45, 7) is 0.0797. The molecule has 5 nitrogen and oxygen atoms in total. The first-order valence-corrected chi connectivity index (χ1v) is 4.74. The van der Waals surface area contributed by atoms with Crippen LogP contribution in [0.15, 0.2) is 24.3 Å². The summed E-state index contributed by atoms with van der Waals surface area (Å²) in [5.74, 6) is -1.71. The lowest BCUT2D eigenvalue weighted by Crippen LogP contribution is -2.29. The number of benzene rings is 1. The van der Waals surface area contributed by atoms with Gasteiger partial charge in [-0.05, 0) is 11.0 Å². The molecule has 1 aromatic rings. The first kappa shape index (κ1) is 12.7. The Hall–Kier alpha value is -1.37. The third-order valence-corrected chi connectivity index (χ3v) is 2.27. The highest BCUT2D eigenvalue weighted by atomic mass is 16.5. The van der Waals surface area contributed by atoms with Crippen molar-refractivity contribution in [3.05, 3.63) is 29.8 Å². The molecule has 0 radical (unpaired) electrons. The fraction of sp³-hybridized carbons (Fsp3) is 0.300. The van der Waals surface area contributed by atoms with E-state index in [1.165, 1.54) is 19.2 Å². The Balaban J connectivity index is 2.89. The molecule has 1 rings (SSSR count). The molecule has 0 saturated heterocycles. The van der Waals surface area contributed by atoms with Crippen molar-refractivity contribution in [1.29, 1.82) is 0 Å². The summed E-state index contributed by atoms with van der Waals surface area (Å²) in [7, 11) is -0.110. The Morgan fingerprint density at radius 1 is 1.38 bits per heavy atom. The minimum Gasteiger partial charge on any atom is -0.481 e. The molecule has 0 aromatic heterocycles. The topological polar surface area (TPSA) is 87.0 Å². The Labute approximate surface area is 93.4 Å². The number of carbonyl (C=O) groups is 1. The lowest BCUT2D eigenvalue weighted by molar-refractivity contribution is -0.140. The third-order valence-electron chi connectivity index (χ3n) is 2.27. The van der Waals surface area contributed by atoms with Gasteiger partial charge in [0, 0.05) is 7.11 Å². The molecule has 3 N–H and O–H groups in total. The summed E-state index contributed by atoms with van der Waals surface area (Å²) in [5.41, 5.74) is 0.893. The van der Waals surface area contributed by atoms with Crippen molar-refractivity contribution in [1.82, 2.24) is 0 Å². The maximum absolute atomic E-state index is 10.9. The zero-order valence-corrected chi connectivity index (χ0v) is 8.83. The predicted octanol–water partition coefficient (Wildman–Crippen LogP) is -0.819. The van der Waals surface area contributed by atoms with E-state index in [4.69, 9.17) is 19.9 Å². The van der Waals surface area contributed by atoms with E-state index in [9.17, 15) is 4.79 Å². The number of methoxy groups -OCH3 is 1. The maximum atomic E-state index is 10.9. The molecule has 1 aromatic carbocycles. The Kier molecular flexibility index (Phi) is 4.48. The monoisotopic (exact) mass is 224 g/mol. The summed E-state index contributed by atoms with van der Waals surface area (Å²) in [6.07, 6.45) is 0. The van der Waals surface area contributed by atoms with Gasteiger partial charge in [0.05, 0.1) is 6.61 Å². The molecule has 1 atom stereocenters. The lowest BCUT2D eigenvalue weighted by atomic mass is 9.79. The van der Waals surface area contributed by atoms with Crippen LogP contribution in [0, 0.1) is 0 Å². The molecular weight excluding hydrogens is 211 g/mol. The maximum Gasteiger partial charge on any atom is 0.488 e. The van der Waals surface area contributed by atoms with E-state index in [0.29, 0.717) is 11.0 Å². The van der Waals surface area contributed by atoms with Crippen LogP contribution in [-0.2, 0) is 9.53 Å². The molecule has 0 amide bonds. The predicted molar refractivity (Wildman–Crippen MR) is 58.5 cm³/mol. The molecule has 0 aliphatic carbocycles. The van der Waals surface area contributed by atoms with Gasteiger partial charge < -0.3 is 19.9 Å². The van der Waals surface area contributed by atoms with E-state index >= 15 is 0 Å². The second kappa shape index (κ2) is 5.65. The second-order valence-electron chi connectivity index (χ2n) is 3.39. The number of aliphatic carboxylic acids is 1. The number of carboxylic acids is 1. The Bertz CT molecular complexity index is 349. The van der Waals surface area contributed by atoms with Gasteiger partial charge >= 0.3 is 13.1 Å². The van der Waals surface area contributed by atoms with Crippen molar-refractivity contribution >= 4 is 18.6 Å². The van der Waals surface area contributed by atoms with Crippen LogP contribution in [0.4, 0.5) is 0 Å². The average molecular weight is 224 g/mol. The average Bonchev–Trinajstić information content (AvgIpc) is 2.25. The fourth-order valence-electron chi connectivity index (χ4n) is 1.38. The minimum absolute atomic E-state index is 0.0797. The van der Waals surface area contributed by atoms with Crippen LogP contribution in [0.25, 0.3) is 0 Å². The van der Waals surface area contributed by atoms with Gasteiger partial charge in [-0.1, -0.05) is 24.3 Å². The molecule has 0 heterocycles. The zero-order chi connectivity index (χ0) is 12.1. The molecule has 6 heteroatoms. The van der Waals surface area contributed by atoms with Crippen LogP contribution >= 0.6 is 0 Å². The highest BCUT2D eigenvalue weighted by Crippen LogP contribution is 2.15. The van der Waals surface area contributed by atoms with Crippen molar-refractivity contribution in [2.45, 2.75) is 5.92 Å². The van der Waals surface area contributed by atoms with Crippen LogP contribution in [-0.4, -0.2) is 42.0 Å². The van der Waals surface area contributed by atoms with E-state index in [-0.39, 0.29) is 6.61 Å². The van der Waals surface area contributed by atoms with E-state index < -0.39 is 19.0 Å². The van der Waals surface area contributed by atoms with Crippen LogP contribution in [0.1, 0.15) is 11.5 Å². The number of hydrogen-bond donors (Lipinski definition) is 3. The molecule has 0 spiro atoms. The first-order valence-electron chi connectivity index (χ1n) is 4.74. The second-order valence-corrected chi connectivity index (χ2v) is 3.39. The van der Waals surface area contributed by atoms with E-state index in [2.05, 4.69) is 0 Å². The largest absolute Gasteiger partial charge is 0.488 e. The van der Waals surface area contributed by atoms with E-state index in [1.807, 2.05) is 0 Å². The molecule has 0 fully saturated rings. The SMILES string of the molecule is COCC(C(=O)O)c1ccc(B(O)O)cc1. The van der Waals surface area contributed by atoms with Gasteiger partial charge in [0.2, 0.25) is 0 Å². The highest BCUT2D eigenvalue weighted by Gasteiger charge is 2.20. The van der Waals surface area contributed by atoms with Gasteiger partial charge in [-0.2, -0.15) is 0 Å². The normalized spacial score (nSPS) is 12.2. The van der Waals surface area contributed by atoms with Gasteiger partial charge in [0.15, 0.2) is 0 Å². The van der Waals surface area contributed by atoms with Gasteiger partial charge in [0.25, 0.3) is 0 Å². The zero-order valence-electron chi connectivity index (χ0n) is 8.83. The quantitative estimate of drug-likeness (QED) is 0.569.